The SMILES string of the molecule is COc1ccc([C@@H](CC(C)C)NC(=O)C2CCN(S(=O)(=O)Cc3ccc(Br)cc3)CC2)cc1. The summed E-state index contributed by atoms with van der Waals surface area (Å²) in [5, 5.41) is 3.22. The van der Waals surface area contributed by atoms with Crippen LogP contribution in [0.5, 0.6) is 5.75 Å². The van der Waals surface area contributed by atoms with Crippen molar-refractivity contribution in [1.82, 2.24) is 9.62 Å². The first kappa shape index (κ1) is 25.7. The van der Waals surface area contributed by atoms with E-state index in [4.69, 9.17) is 4.74 Å². The van der Waals surface area contributed by atoms with E-state index in [0.29, 0.717) is 31.8 Å². The van der Waals surface area contributed by atoms with Crippen LogP contribution in [-0.2, 0) is 20.6 Å². The molecule has 0 bridgehead atoms. The lowest BCUT2D eigenvalue weighted by atomic mass is 9.93. The van der Waals surface area contributed by atoms with Crippen molar-refractivity contribution in [3.8, 4) is 5.75 Å². The molecule has 180 valence electrons. The van der Waals surface area contributed by atoms with Gasteiger partial charge in [0, 0.05) is 23.5 Å². The standard InChI is InChI=1S/C25H33BrN2O4S/c1-18(2)16-24(20-6-10-23(32-3)11-7-20)27-25(29)21-12-14-28(15-13-21)33(30,31)17-19-4-8-22(26)9-5-19/h4-11,18,21,24H,12-17H2,1-3H3,(H,27,29)/t24-/m1/s1. The van der Waals surface area contributed by atoms with Gasteiger partial charge in [0.15, 0.2) is 0 Å². The summed E-state index contributed by atoms with van der Waals surface area (Å²) in [6.07, 6.45) is 1.89. The van der Waals surface area contributed by atoms with Gasteiger partial charge in [-0.25, -0.2) is 12.7 Å². The number of sulfonamides is 1. The highest BCUT2D eigenvalue weighted by molar-refractivity contribution is 9.10. The molecule has 2 aromatic rings. The molecule has 6 nitrogen and oxygen atoms in total. The third-order valence-corrected chi connectivity index (χ3v) is 8.40. The molecule has 1 aliphatic heterocycles. The monoisotopic (exact) mass is 536 g/mol. The van der Waals surface area contributed by atoms with E-state index in [1.807, 2.05) is 48.5 Å². The van der Waals surface area contributed by atoms with Crippen molar-refractivity contribution in [2.45, 2.75) is 44.9 Å². The summed E-state index contributed by atoms with van der Waals surface area (Å²) in [6, 6.07) is 15.0. The van der Waals surface area contributed by atoms with Crippen LogP contribution >= 0.6 is 15.9 Å². The summed E-state index contributed by atoms with van der Waals surface area (Å²) >= 11 is 3.37. The molecule has 1 N–H and O–H groups in total. The topological polar surface area (TPSA) is 75.7 Å². The Balaban J connectivity index is 1.59. The average Bonchev–Trinajstić information content (AvgIpc) is 2.80. The molecule has 1 atom stereocenters. The first-order valence-electron chi connectivity index (χ1n) is 11.3. The van der Waals surface area contributed by atoms with E-state index >= 15 is 0 Å². The molecule has 33 heavy (non-hydrogen) atoms. The minimum absolute atomic E-state index is 0.00132. The Hall–Kier alpha value is -1.90. The van der Waals surface area contributed by atoms with Crippen molar-refractivity contribution in [3.63, 3.8) is 0 Å². The molecule has 0 aliphatic carbocycles. The number of nitrogens with one attached hydrogen (secondary N) is 1. The predicted molar refractivity (Wildman–Crippen MR) is 134 cm³/mol. The van der Waals surface area contributed by atoms with Gasteiger partial charge >= 0.3 is 0 Å². The lowest BCUT2D eigenvalue weighted by Gasteiger charge is -2.32. The number of benzene rings is 2. The minimum atomic E-state index is -3.41. The molecule has 1 heterocycles. The number of piperidine rings is 1. The van der Waals surface area contributed by atoms with Gasteiger partial charge in [-0.3, -0.25) is 4.79 Å². The maximum atomic E-state index is 13.1. The Labute approximate surface area is 205 Å². The van der Waals surface area contributed by atoms with E-state index < -0.39 is 10.0 Å². The Morgan fingerprint density at radius 3 is 2.24 bits per heavy atom. The number of halogens is 1. The summed E-state index contributed by atoms with van der Waals surface area (Å²) in [4.78, 5) is 13.1. The zero-order valence-electron chi connectivity index (χ0n) is 19.5. The largest absolute Gasteiger partial charge is 0.497 e. The predicted octanol–water partition coefficient (Wildman–Crippen LogP) is 4.90. The average molecular weight is 538 g/mol. The van der Waals surface area contributed by atoms with E-state index in [1.54, 1.807) is 7.11 Å². The zero-order valence-corrected chi connectivity index (χ0v) is 21.9. The fraction of sp³-hybridized carbons (Fsp3) is 0.480. The lowest BCUT2D eigenvalue weighted by Crippen LogP contribution is -2.44. The molecule has 2 aromatic carbocycles. The zero-order chi connectivity index (χ0) is 24.0. The highest BCUT2D eigenvalue weighted by atomic mass is 79.9. The summed E-state index contributed by atoms with van der Waals surface area (Å²) in [5.74, 6) is 0.997. The van der Waals surface area contributed by atoms with Gasteiger partial charge in [0.1, 0.15) is 5.75 Å². The smallest absolute Gasteiger partial charge is 0.223 e. The van der Waals surface area contributed by atoms with Gasteiger partial charge in [0.25, 0.3) is 0 Å². The normalized spacial score (nSPS) is 16.5. The number of hydrogen-bond acceptors (Lipinski definition) is 4. The quantitative estimate of drug-likeness (QED) is 0.494. The van der Waals surface area contributed by atoms with Crippen molar-refractivity contribution in [3.05, 3.63) is 64.1 Å². The van der Waals surface area contributed by atoms with Crippen LogP contribution in [0, 0.1) is 11.8 Å². The number of amides is 1. The Morgan fingerprint density at radius 2 is 1.70 bits per heavy atom. The van der Waals surface area contributed by atoms with Crippen molar-refractivity contribution < 1.29 is 17.9 Å². The van der Waals surface area contributed by atoms with Gasteiger partial charge in [-0.2, -0.15) is 0 Å². The molecule has 8 heteroatoms. The van der Waals surface area contributed by atoms with Gasteiger partial charge in [0.05, 0.1) is 18.9 Å². The van der Waals surface area contributed by atoms with Crippen LogP contribution in [0.15, 0.2) is 53.0 Å². The number of ether oxygens (including phenoxy) is 1. The summed E-state index contributed by atoms with van der Waals surface area (Å²) in [5.41, 5.74) is 1.81. The fourth-order valence-corrected chi connectivity index (χ4v) is 5.98. The number of carbonyl (C=O) groups excluding carboxylic acids is 1. The molecule has 3 rings (SSSR count). The second-order valence-electron chi connectivity index (χ2n) is 9.02. The van der Waals surface area contributed by atoms with E-state index in [0.717, 1.165) is 27.8 Å². The first-order valence-corrected chi connectivity index (χ1v) is 13.7. The summed E-state index contributed by atoms with van der Waals surface area (Å²) in [7, 11) is -1.78. The van der Waals surface area contributed by atoms with Crippen LogP contribution in [-0.4, -0.2) is 38.8 Å². The van der Waals surface area contributed by atoms with E-state index in [9.17, 15) is 13.2 Å². The van der Waals surface area contributed by atoms with Crippen LogP contribution in [0.25, 0.3) is 0 Å². The Morgan fingerprint density at radius 1 is 1.09 bits per heavy atom. The molecule has 0 saturated carbocycles. The van der Waals surface area contributed by atoms with E-state index in [2.05, 4.69) is 35.1 Å². The molecule has 1 amide bonds. The van der Waals surface area contributed by atoms with E-state index in [1.165, 1.54) is 4.31 Å². The molecule has 0 radical (unpaired) electrons. The third kappa shape index (κ3) is 7.29. The molecular weight excluding hydrogens is 504 g/mol. The number of rotatable bonds is 9. The molecule has 1 fully saturated rings. The summed E-state index contributed by atoms with van der Waals surface area (Å²) < 4.78 is 33.4. The van der Waals surface area contributed by atoms with Crippen LogP contribution in [0.3, 0.4) is 0 Å². The van der Waals surface area contributed by atoms with Crippen molar-refractivity contribution >= 4 is 31.9 Å². The Bertz CT molecular complexity index is 1020. The molecule has 1 saturated heterocycles. The number of methoxy groups -OCH3 is 1. The van der Waals surface area contributed by atoms with Gasteiger partial charge in [-0.1, -0.05) is 54.0 Å². The highest BCUT2D eigenvalue weighted by Crippen LogP contribution is 2.27. The van der Waals surface area contributed by atoms with Crippen LogP contribution in [0.2, 0.25) is 0 Å². The minimum Gasteiger partial charge on any atom is -0.497 e. The first-order chi connectivity index (χ1) is 15.7. The Kier molecular flexibility index (Phi) is 8.95. The molecule has 1 aliphatic rings. The van der Waals surface area contributed by atoms with Crippen LogP contribution in [0.1, 0.15) is 50.3 Å². The highest BCUT2D eigenvalue weighted by Gasteiger charge is 2.32. The van der Waals surface area contributed by atoms with Gasteiger partial charge < -0.3 is 10.1 Å². The molecule has 0 aromatic heterocycles. The molecular formula is C25H33BrN2O4S. The van der Waals surface area contributed by atoms with Crippen LogP contribution < -0.4 is 10.1 Å². The van der Waals surface area contributed by atoms with Crippen molar-refractivity contribution in [2.75, 3.05) is 20.2 Å². The van der Waals surface area contributed by atoms with E-state index in [-0.39, 0.29) is 23.6 Å². The lowest BCUT2D eigenvalue weighted by molar-refractivity contribution is -0.127. The van der Waals surface area contributed by atoms with Crippen molar-refractivity contribution in [1.29, 1.82) is 0 Å². The van der Waals surface area contributed by atoms with Crippen molar-refractivity contribution in [2.24, 2.45) is 11.8 Å². The van der Waals surface area contributed by atoms with Crippen LogP contribution in [0.4, 0.5) is 0 Å². The molecule has 0 unspecified atom stereocenters. The number of nitrogens with zero attached hydrogens (tertiary/aromatic N) is 1. The maximum Gasteiger partial charge on any atom is 0.223 e. The third-order valence-electron chi connectivity index (χ3n) is 6.02. The number of hydrogen-bond donors (Lipinski definition) is 1. The fourth-order valence-electron chi connectivity index (χ4n) is 4.15. The summed E-state index contributed by atoms with van der Waals surface area (Å²) in [6.45, 7) is 5.01. The van der Waals surface area contributed by atoms with Gasteiger partial charge in [0.2, 0.25) is 15.9 Å². The maximum absolute atomic E-state index is 13.1. The van der Waals surface area contributed by atoms with Gasteiger partial charge in [-0.15, -0.1) is 0 Å². The second kappa shape index (κ2) is 11.5. The number of carbonyl (C=O) groups is 1. The molecule has 0 spiro atoms. The van der Waals surface area contributed by atoms with Gasteiger partial charge in [-0.05, 0) is 60.6 Å². The second-order valence-corrected chi connectivity index (χ2v) is 11.9.